The summed E-state index contributed by atoms with van der Waals surface area (Å²) in [6.45, 7) is 0. The van der Waals surface area contributed by atoms with E-state index in [9.17, 15) is 0 Å². The van der Waals surface area contributed by atoms with Crippen LogP contribution >= 0.6 is 0 Å². The van der Waals surface area contributed by atoms with Gasteiger partial charge in [0.05, 0.1) is 25.5 Å². The molecule has 1 aromatic heterocycles. The van der Waals surface area contributed by atoms with Gasteiger partial charge in [0, 0.05) is 5.56 Å². The lowest BCUT2D eigenvalue weighted by atomic mass is 10.1. The first kappa shape index (κ1) is 12.7. The van der Waals surface area contributed by atoms with Crippen LogP contribution < -0.4 is 15.2 Å². The van der Waals surface area contributed by atoms with E-state index < -0.39 is 0 Å². The molecule has 0 radical (unpaired) electrons. The van der Waals surface area contributed by atoms with Gasteiger partial charge in [0.1, 0.15) is 23.4 Å². The SMILES string of the molecule is COc1ccc(OC)c(-c2ccc(C#N)c(N)n2)c1. The summed E-state index contributed by atoms with van der Waals surface area (Å²) >= 11 is 0. The fourth-order valence-corrected chi connectivity index (χ4v) is 1.73. The van der Waals surface area contributed by atoms with Crippen LogP contribution in [0.1, 0.15) is 5.56 Å². The molecule has 0 aliphatic rings. The van der Waals surface area contributed by atoms with Gasteiger partial charge in [-0.05, 0) is 30.3 Å². The van der Waals surface area contributed by atoms with Crippen LogP contribution in [0.25, 0.3) is 11.3 Å². The topological polar surface area (TPSA) is 81.2 Å². The van der Waals surface area contributed by atoms with Crippen LogP contribution in [-0.4, -0.2) is 19.2 Å². The molecule has 0 spiro atoms. The molecule has 0 fully saturated rings. The van der Waals surface area contributed by atoms with E-state index in [4.69, 9.17) is 20.5 Å². The number of hydrogen-bond acceptors (Lipinski definition) is 5. The minimum atomic E-state index is 0.199. The fourth-order valence-electron chi connectivity index (χ4n) is 1.73. The van der Waals surface area contributed by atoms with E-state index in [0.717, 1.165) is 5.56 Å². The summed E-state index contributed by atoms with van der Waals surface area (Å²) in [5, 5.41) is 8.85. The Balaban J connectivity index is 2.57. The number of nitrogen functional groups attached to an aromatic ring is 1. The van der Waals surface area contributed by atoms with Gasteiger partial charge in [-0.3, -0.25) is 0 Å². The van der Waals surface area contributed by atoms with Crippen molar-refractivity contribution in [3.05, 3.63) is 35.9 Å². The molecule has 5 heteroatoms. The molecule has 0 saturated carbocycles. The van der Waals surface area contributed by atoms with Gasteiger partial charge in [0.2, 0.25) is 0 Å². The zero-order valence-corrected chi connectivity index (χ0v) is 10.7. The lowest BCUT2D eigenvalue weighted by molar-refractivity contribution is 0.404. The van der Waals surface area contributed by atoms with E-state index in [0.29, 0.717) is 22.8 Å². The lowest BCUT2D eigenvalue weighted by Gasteiger charge is -2.10. The van der Waals surface area contributed by atoms with Crippen molar-refractivity contribution in [2.45, 2.75) is 0 Å². The third-order valence-electron chi connectivity index (χ3n) is 2.73. The van der Waals surface area contributed by atoms with Crippen LogP contribution in [0.15, 0.2) is 30.3 Å². The van der Waals surface area contributed by atoms with Crippen molar-refractivity contribution in [1.29, 1.82) is 5.26 Å². The summed E-state index contributed by atoms with van der Waals surface area (Å²) in [6.07, 6.45) is 0. The van der Waals surface area contributed by atoms with Gasteiger partial charge in [0.25, 0.3) is 0 Å². The number of hydrogen-bond donors (Lipinski definition) is 1. The zero-order valence-electron chi connectivity index (χ0n) is 10.7. The molecule has 0 unspecified atom stereocenters. The third kappa shape index (κ3) is 2.43. The number of methoxy groups -OCH3 is 2. The number of nitrogens with zero attached hydrogens (tertiary/aromatic N) is 2. The Morgan fingerprint density at radius 3 is 2.53 bits per heavy atom. The van der Waals surface area contributed by atoms with Crippen molar-refractivity contribution in [2.24, 2.45) is 0 Å². The number of ether oxygens (including phenoxy) is 2. The molecule has 2 rings (SSSR count). The van der Waals surface area contributed by atoms with Crippen LogP contribution in [0.4, 0.5) is 5.82 Å². The van der Waals surface area contributed by atoms with Gasteiger partial charge in [0.15, 0.2) is 0 Å². The molecular weight excluding hydrogens is 242 g/mol. The lowest BCUT2D eigenvalue weighted by Crippen LogP contribution is -1.97. The Kier molecular flexibility index (Phi) is 3.53. The molecule has 1 heterocycles. The number of aromatic nitrogens is 1. The molecule has 96 valence electrons. The first-order chi connectivity index (χ1) is 9.19. The summed E-state index contributed by atoms with van der Waals surface area (Å²) in [6, 6.07) is 10.8. The third-order valence-corrected chi connectivity index (χ3v) is 2.73. The molecule has 2 aromatic rings. The Bertz CT molecular complexity index is 648. The van der Waals surface area contributed by atoms with Crippen molar-refractivity contribution in [3.63, 3.8) is 0 Å². The standard InChI is InChI=1S/C14H13N3O2/c1-18-10-4-6-13(19-2)11(7-10)12-5-3-9(8-15)14(16)17-12/h3-7H,1-2H3,(H2,16,17). The molecule has 0 aliphatic carbocycles. The summed E-state index contributed by atoms with van der Waals surface area (Å²) in [4.78, 5) is 4.22. The summed E-state index contributed by atoms with van der Waals surface area (Å²) in [5.41, 5.74) is 7.47. The quantitative estimate of drug-likeness (QED) is 0.909. The van der Waals surface area contributed by atoms with Gasteiger partial charge < -0.3 is 15.2 Å². The number of pyridine rings is 1. The molecule has 0 saturated heterocycles. The van der Waals surface area contributed by atoms with E-state index >= 15 is 0 Å². The minimum Gasteiger partial charge on any atom is -0.497 e. The van der Waals surface area contributed by atoms with Gasteiger partial charge in [-0.2, -0.15) is 5.26 Å². The second kappa shape index (κ2) is 5.27. The number of benzene rings is 1. The summed E-state index contributed by atoms with van der Waals surface area (Å²) < 4.78 is 10.5. The molecule has 0 aliphatic heterocycles. The van der Waals surface area contributed by atoms with E-state index in [1.807, 2.05) is 12.1 Å². The van der Waals surface area contributed by atoms with E-state index in [-0.39, 0.29) is 5.82 Å². The summed E-state index contributed by atoms with van der Waals surface area (Å²) in [7, 11) is 3.17. The van der Waals surface area contributed by atoms with Crippen molar-refractivity contribution in [3.8, 4) is 28.8 Å². The van der Waals surface area contributed by atoms with E-state index in [1.165, 1.54) is 0 Å². The van der Waals surface area contributed by atoms with Gasteiger partial charge >= 0.3 is 0 Å². The van der Waals surface area contributed by atoms with E-state index in [1.54, 1.807) is 38.5 Å². The van der Waals surface area contributed by atoms with Gasteiger partial charge in [-0.1, -0.05) is 0 Å². The maximum absolute atomic E-state index is 8.85. The first-order valence-corrected chi connectivity index (χ1v) is 5.58. The highest BCUT2D eigenvalue weighted by molar-refractivity contribution is 5.71. The van der Waals surface area contributed by atoms with Crippen LogP contribution in [0.3, 0.4) is 0 Å². The van der Waals surface area contributed by atoms with Crippen LogP contribution in [0, 0.1) is 11.3 Å². The maximum Gasteiger partial charge on any atom is 0.142 e. The monoisotopic (exact) mass is 255 g/mol. The van der Waals surface area contributed by atoms with Gasteiger partial charge in [-0.25, -0.2) is 4.98 Å². The highest BCUT2D eigenvalue weighted by Gasteiger charge is 2.10. The van der Waals surface area contributed by atoms with Crippen molar-refractivity contribution in [2.75, 3.05) is 20.0 Å². The smallest absolute Gasteiger partial charge is 0.142 e. The average Bonchev–Trinajstić information content (AvgIpc) is 2.46. The molecule has 1 aromatic carbocycles. The van der Waals surface area contributed by atoms with Crippen LogP contribution in [0.5, 0.6) is 11.5 Å². The molecule has 19 heavy (non-hydrogen) atoms. The molecule has 5 nitrogen and oxygen atoms in total. The normalized spacial score (nSPS) is 9.74. The second-order valence-corrected chi connectivity index (χ2v) is 3.81. The minimum absolute atomic E-state index is 0.199. The van der Waals surface area contributed by atoms with Crippen molar-refractivity contribution < 1.29 is 9.47 Å². The largest absolute Gasteiger partial charge is 0.497 e. The molecule has 0 amide bonds. The van der Waals surface area contributed by atoms with Crippen molar-refractivity contribution in [1.82, 2.24) is 4.98 Å². The maximum atomic E-state index is 8.85. The second-order valence-electron chi connectivity index (χ2n) is 3.81. The number of nitrogens with two attached hydrogens (primary N) is 1. The summed E-state index contributed by atoms with van der Waals surface area (Å²) in [5.74, 6) is 1.56. The fraction of sp³-hybridized carbons (Fsp3) is 0.143. The van der Waals surface area contributed by atoms with Crippen LogP contribution in [0.2, 0.25) is 0 Å². The highest BCUT2D eigenvalue weighted by atomic mass is 16.5. The average molecular weight is 255 g/mol. The molecule has 2 N–H and O–H groups in total. The molecule has 0 bridgehead atoms. The Labute approximate surface area is 111 Å². The number of anilines is 1. The predicted octanol–water partition coefficient (Wildman–Crippen LogP) is 2.22. The van der Waals surface area contributed by atoms with E-state index in [2.05, 4.69) is 4.98 Å². The first-order valence-electron chi connectivity index (χ1n) is 5.58. The Morgan fingerprint density at radius 2 is 1.95 bits per heavy atom. The predicted molar refractivity (Wildman–Crippen MR) is 71.9 cm³/mol. The zero-order chi connectivity index (χ0) is 13.8. The molecular formula is C14H13N3O2. The number of rotatable bonds is 3. The van der Waals surface area contributed by atoms with Crippen LogP contribution in [-0.2, 0) is 0 Å². The Morgan fingerprint density at radius 1 is 1.16 bits per heavy atom. The highest BCUT2D eigenvalue weighted by Crippen LogP contribution is 2.32. The van der Waals surface area contributed by atoms with Crippen molar-refractivity contribution >= 4 is 5.82 Å². The Hall–Kier alpha value is -2.74. The molecule has 0 atom stereocenters. The number of nitriles is 1. The van der Waals surface area contributed by atoms with Gasteiger partial charge in [-0.15, -0.1) is 0 Å².